The third kappa shape index (κ3) is 6.52. The normalized spacial score (nSPS) is 21.6. The summed E-state index contributed by atoms with van der Waals surface area (Å²) in [5.74, 6) is 1.60. The topological polar surface area (TPSA) is 67.6 Å². The van der Waals surface area contributed by atoms with Gasteiger partial charge in [-0.3, -0.25) is 4.99 Å². The maximum absolute atomic E-state index is 5.34. The quantitative estimate of drug-likeness (QED) is 0.460. The van der Waals surface area contributed by atoms with Crippen LogP contribution in [0.15, 0.2) is 4.99 Å². The van der Waals surface area contributed by atoms with Gasteiger partial charge in [-0.05, 0) is 31.2 Å². The fourth-order valence-electron chi connectivity index (χ4n) is 2.22. The number of likely N-dealkylation sites (tertiary alicyclic amines) is 1. The van der Waals surface area contributed by atoms with Crippen LogP contribution in [0.1, 0.15) is 26.7 Å². The van der Waals surface area contributed by atoms with Crippen molar-refractivity contribution in [1.29, 1.82) is 0 Å². The van der Waals surface area contributed by atoms with Crippen LogP contribution in [0.25, 0.3) is 0 Å². The molecule has 0 aliphatic carbocycles. The Morgan fingerprint density at radius 1 is 1.44 bits per heavy atom. The van der Waals surface area contributed by atoms with Gasteiger partial charge in [0.1, 0.15) is 0 Å². The third-order valence-corrected chi connectivity index (χ3v) is 2.76. The van der Waals surface area contributed by atoms with Crippen molar-refractivity contribution >= 4 is 29.9 Å². The van der Waals surface area contributed by atoms with Crippen LogP contribution in [0.3, 0.4) is 0 Å². The highest BCUT2D eigenvalue weighted by Gasteiger charge is 2.19. The molecule has 0 aromatic rings. The van der Waals surface area contributed by atoms with E-state index in [-0.39, 0.29) is 29.9 Å². The minimum Gasteiger partial charge on any atom is -0.370 e. The maximum atomic E-state index is 5.34. The number of hydrogen-bond acceptors (Lipinski definition) is 2. The van der Waals surface area contributed by atoms with E-state index < -0.39 is 0 Å². The van der Waals surface area contributed by atoms with Gasteiger partial charge >= 0.3 is 0 Å². The molecule has 1 fully saturated rings. The fourth-order valence-corrected chi connectivity index (χ4v) is 2.22. The van der Waals surface area contributed by atoms with Gasteiger partial charge < -0.3 is 16.4 Å². The van der Waals surface area contributed by atoms with Gasteiger partial charge in [-0.25, -0.2) is 0 Å². The monoisotopic (exact) mass is 340 g/mol. The minimum atomic E-state index is 0. The molecule has 0 aromatic heterocycles. The number of nitrogens with two attached hydrogens (primary N) is 2. The highest BCUT2D eigenvalue weighted by molar-refractivity contribution is 14.0. The van der Waals surface area contributed by atoms with E-state index in [9.17, 15) is 0 Å². The molecule has 4 nitrogen and oxygen atoms in total. The Morgan fingerprint density at radius 2 is 2.12 bits per heavy atom. The number of piperidine rings is 1. The summed E-state index contributed by atoms with van der Waals surface area (Å²) in [5, 5.41) is 0. The summed E-state index contributed by atoms with van der Waals surface area (Å²) in [7, 11) is 0. The van der Waals surface area contributed by atoms with Crippen LogP contribution in [-0.4, -0.2) is 37.0 Å². The molecule has 5 heteroatoms. The molecular formula is C11H25IN4. The number of halogens is 1. The predicted molar refractivity (Wildman–Crippen MR) is 80.1 cm³/mol. The average Bonchev–Trinajstić information content (AvgIpc) is 2.14. The summed E-state index contributed by atoms with van der Waals surface area (Å²) in [4.78, 5) is 6.64. The van der Waals surface area contributed by atoms with E-state index >= 15 is 0 Å². The lowest BCUT2D eigenvalue weighted by molar-refractivity contribution is 0.162. The van der Waals surface area contributed by atoms with Gasteiger partial charge in [0.2, 0.25) is 0 Å². The second-order valence-electron chi connectivity index (χ2n) is 4.93. The van der Waals surface area contributed by atoms with Crippen LogP contribution in [0, 0.1) is 11.8 Å². The summed E-state index contributed by atoms with van der Waals surface area (Å²) in [6, 6.07) is 0. The minimum absolute atomic E-state index is 0. The van der Waals surface area contributed by atoms with Crippen molar-refractivity contribution in [3.63, 3.8) is 0 Å². The van der Waals surface area contributed by atoms with Gasteiger partial charge in [-0.15, -0.1) is 24.0 Å². The molecule has 0 radical (unpaired) electrons. The number of rotatable bonds is 4. The Hall–Kier alpha value is -0.0400. The second-order valence-corrected chi connectivity index (χ2v) is 4.93. The van der Waals surface area contributed by atoms with Crippen LogP contribution in [0.5, 0.6) is 0 Å². The smallest absolute Gasteiger partial charge is 0.185 e. The van der Waals surface area contributed by atoms with Crippen molar-refractivity contribution in [2.75, 3.05) is 26.2 Å². The van der Waals surface area contributed by atoms with E-state index in [0.717, 1.165) is 19.0 Å². The molecule has 1 atom stereocenters. The molecule has 1 aliphatic rings. The van der Waals surface area contributed by atoms with Gasteiger partial charge in [-0.1, -0.05) is 13.8 Å². The Balaban J connectivity index is 0.00000225. The summed E-state index contributed by atoms with van der Waals surface area (Å²) >= 11 is 0. The Labute approximate surface area is 116 Å². The van der Waals surface area contributed by atoms with Crippen LogP contribution in [-0.2, 0) is 0 Å². The highest BCUT2D eigenvalue weighted by Crippen LogP contribution is 2.17. The van der Waals surface area contributed by atoms with E-state index in [4.69, 9.17) is 11.5 Å². The van der Waals surface area contributed by atoms with E-state index in [2.05, 4.69) is 23.7 Å². The summed E-state index contributed by atoms with van der Waals surface area (Å²) < 4.78 is 0. The first-order chi connectivity index (χ1) is 7.08. The first kappa shape index (κ1) is 16.0. The molecule has 0 saturated carbocycles. The summed E-state index contributed by atoms with van der Waals surface area (Å²) in [5.41, 5.74) is 10.7. The molecule has 1 rings (SSSR count). The molecule has 0 amide bonds. The molecule has 0 aromatic carbocycles. The van der Waals surface area contributed by atoms with Gasteiger partial charge in [0.05, 0.1) is 0 Å². The zero-order chi connectivity index (χ0) is 11.3. The van der Waals surface area contributed by atoms with Crippen molar-refractivity contribution < 1.29 is 0 Å². The lowest BCUT2D eigenvalue weighted by Gasteiger charge is -2.33. The van der Waals surface area contributed by atoms with Crippen LogP contribution < -0.4 is 11.5 Å². The Morgan fingerprint density at radius 3 is 2.69 bits per heavy atom. The van der Waals surface area contributed by atoms with E-state index in [1.54, 1.807) is 0 Å². The van der Waals surface area contributed by atoms with Crippen molar-refractivity contribution in [3.05, 3.63) is 0 Å². The predicted octanol–water partition coefficient (Wildman–Crippen LogP) is 1.25. The third-order valence-electron chi connectivity index (χ3n) is 2.76. The zero-order valence-corrected chi connectivity index (χ0v) is 12.7. The first-order valence-corrected chi connectivity index (χ1v) is 5.85. The van der Waals surface area contributed by atoms with Crippen LogP contribution in [0.4, 0.5) is 0 Å². The van der Waals surface area contributed by atoms with E-state index in [1.165, 1.54) is 25.9 Å². The van der Waals surface area contributed by atoms with Crippen LogP contribution in [0.2, 0.25) is 0 Å². The molecular weight excluding hydrogens is 315 g/mol. The van der Waals surface area contributed by atoms with E-state index in [0.29, 0.717) is 5.92 Å². The SMILES string of the molecule is CC(C)CN1CCCC(CN=C(N)N)C1.I. The molecule has 1 aliphatic heterocycles. The van der Waals surface area contributed by atoms with Crippen molar-refractivity contribution in [3.8, 4) is 0 Å². The van der Waals surface area contributed by atoms with E-state index in [1.807, 2.05) is 0 Å². The number of hydrogen-bond donors (Lipinski definition) is 2. The van der Waals surface area contributed by atoms with Gasteiger partial charge in [0, 0.05) is 19.6 Å². The van der Waals surface area contributed by atoms with Crippen molar-refractivity contribution in [1.82, 2.24) is 4.90 Å². The Bertz CT molecular complexity index is 214. The number of aliphatic imine (C=N–C) groups is 1. The molecule has 1 heterocycles. The highest BCUT2D eigenvalue weighted by atomic mass is 127. The second kappa shape index (κ2) is 8.11. The molecule has 1 unspecified atom stereocenters. The molecule has 96 valence electrons. The van der Waals surface area contributed by atoms with Gasteiger partial charge in [0.15, 0.2) is 5.96 Å². The number of guanidine groups is 1. The first-order valence-electron chi connectivity index (χ1n) is 5.85. The number of nitrogens with zero attached hydrogens (tertiary/aromatic N) is 2. The van der Waals surface area contributed by atoms with Crippen LogP contribution >= 0.6 is 24.0 Å². The lowest BCUT2D eigenvalue weighted by Crippen LogP contribution is -2.39. The zero-order valence-electron chi connectivity index (χ0n) is 10.4. The van der Waals surface area contributed by atoms with Gasteiger partial charge in [-0.2, -0.15) is 0 Å². The summed E-state index contributed by atoms with van der Waals surface area (Å²) in [6.45, 7) is 8.89. The maximum Gasteiger partial charge on any atom is 0.185 e. The molecule has 0 spiro atoms. The average molecular weight is 340 g/mol. The summed E-state index contributed by atoms with van der Waals surface area (Å²) in [6.07, 6.45) is 2.53. The largest absolute Gasteiger partial charge is 0.370 e. The molecule has 4 N–H and O–H groups in total. The molecule has 1 saturated heterocycles. The molecule has 0 bridgehead atoms. The molecule has 16 heavy (non-hydrogen) atoms. The lowest BCUT2D eigenvalue weighted by atomic mass is 9.97. The van der Waals surface area contributed by atoms with Gasteiger partial charge in [0.25, 0.3) is 0 Å². The van der Waals surface area contributed by atoms with Crippen molar-refractivity contribution in [2.45, 2.75) is 26.7 Å². The van der Waals surface area contributed by atoms with Crippen molar-refractivity contribution in [2.24, 2.45) is 28.3 Å². The Kier molecular flexibility index (Phi) is 8.09. The standard InChI is InChI=1S/C11H24N4.HI/c1-9(2)7-15-5-3-4-10(8-15)6-14-11(12)13;/h9-10H,3-8H2,1-2H3,(H4,12,13,14);1H. The fraction of sp³-hybridized carbons (Fsp3) is 0.909.